The van der Waals surface area contributed by atoms with E-state index < -0.39 is 10.0 Å². The van der Waals surface area contributed by atoms with E-state index in [4.69, 9.17) is 16.3 Å². The van der Waals surface area contributed by atoms with Crippen LogP contribution in [0.2, 0.25) is 5.02 Å². The standard InChI is InChI=1S/C25H27ClN2O4S/c1-3-32-23-15-14-22(26)16-24(23)33(30,31)27(2)19-25(29)28(17-20-10-6-4-7-11-20)18-21-12-8-5-9-13-21/h4-16H,3,17-19H2,1-2H3. The Labute approximate surface area is 200 Å². The number of amides is 1. The molecule has 174 valence electrons. The Morgan fingerprint density at radius 1 is 0.909 bits per heavy atom. The first-order chi connectivity index (χ1) is 15.8. The first-order valence-electron chi connectivity index (χ1n) is 10.6. The number of carbonyl (C=O) groups excluding carboxylic acids is 1. The van der Waals surface area contributed by atoms with Crippen LogP contribution in [0, 0.1) is 0 Å². The van der Waals surface area contributed by atoms with E-state index >= 15 is 0 Å². The lowest BCUT2D eigenvalue weighted by atomic mass is 10.1. The summed E-state index contributed by atoms with van der Waals surface area (Å²) in [4.78, 5) is 14.9. The van der Waals surface area contributed by atoms with E-state index in [0.717, 1.165) is 15.4 Å². The van der Waals surface area contributed by atoms with Crippen LogP contribution in [0.3, 0.4) is 0 Å². The number of nitrogens with zero attached hydrogens (tertiary/aromatic N) is 2. The summed E-state index contributed by atoms with van der Waals surface area (Å²) in [6.45, 7) is 2.48. The third-order valence-corrected chi connectivity index (χ3v) is 7.10. The van der Waals surface area contributed by atoms with Crippen molar-refractivity contribution in [2.75, 3.05) is 20.2 Å². The van der Waals surface area contributed by atoms with Gasteiger partial charge in [-0.1, -0.05) is 72.3 Å². The molecule has 3 rings (SSSR count). The lowest BCUT2D eigenvalue weighted by molar-refractivity contribution is -0.132. The van der Waals surface area contributed by atoms with Crippen molar-refractivity contribution in [1.82, 2.24) is 9.21 Å². The molecule has 0 aliphatic rings. The van der Waals surface area contributed by atoms with Crippen molar-refractivity contribution in [3.05, 3.63) is 95.0 Å². The second-order valence-electron chi connectivity index (χ2n) is 7.51. The number of carbonyl (C=O) groups is 1. The fourth-order valence-corrected chi connectivity index (χ4v) is 4.85. The highest BCUT2D eigenvalue weighted by Crippen LogP contribution is 2.29. The normalized spacial score (nSPS) is 11.4. The van der Waals surface area contributed by atoms with Gasteiger partial charge >= 0.3 is 0 Å². The van der Waals surface area contributed by atoms with Crippen LogP contribution < -0.4 is 4.74 Å². The Morgan fingerprint density at radius 2 is 1.45 bits per heavy atom. The zero-order valence-electron chi connectivity index (χ0n) is 18.6. The molecule has 0 radical (unpaired) electrons. The van der Waals surface area contributed by atoms with Crippen LogP contribution in [-0.2, 0) is 27.9 Å². The van der Waals surface area contributed by atoms with Crippen LogP contribution in [0.5, 0.6) is 5.75 Å². The number of benzene rings is 3. The molecule has 0 saturated heterocycles. The van der Waals surface area contributed by atoms with Crippen LogP contribution in [0.1, 0.15) is 18.1 Å². The highest BCUT2D eigenvalue weighted by molar-refractivity contribution is 7.89. The minimum Gasteiger partial charge on any atom is -0.492 e. The molecule has 0 aliphatic heterocycles. The molecule has 3 aromatic rings. The van der Waals surface area contributed by atoms with E-state index in [9.17, 15) is 13.2 Å². The van der Waals surface area contributed by atoms with Crippen LogP contribution in [-0.4, -0.2) is 43.7 Å². The lowest BCUT2D eigenvalue weighted by Gasteiger charge is -2.26. The summed E-state index contributed by atoms with van der Waals surface area (Å²) in [7, 11) is -2.63. The maximum absolute atomic E-state index is 13.3. The van der Waals surface area contributed by atoms with Gasteiger partial charge in [-0.3, -0.25) is 4.79 Å². The molecular formula is C25H27ClN2O4S. The second kappa shape index (κ2) is 11.3. The summed E-state index contributed by atoms with van der Waals surface area (Å²) in [5.41, 5.74) is 1.92. The number of halogens is 1. The predicted molar refractivity (Wildman–Crippen MR) is 130 cm³/mol. The SMILES string of the molecule is CCOc1ccc(Cl)cc1S(=O)(=O)N(C)CC(=O)N(Cc1ccccc1)Cc1ccccc1. The van der Waals surface area contributed by atoms with Crippen LogP contribution in [0.4, 0.5) is 0 Å². The first-order valence-corrected chi connectivity index (χ1v) is 12.4. The minimum absolute atomic E-state index is 0.0650. The van der Waals surface area contributed by atoms with E-state index in [1.54, 1.807) is 17.9 Å². The van der Waals surface area contributed by atoms with E-state index in [0.29, 0.717) is 19.7 Å². The zero-order valence-corrected chi connectivity index (χ0v) is 20.2. The summed E-state index contributed by atoms with van der Waals surface area (Å²) in [5.74, 6) is -0.111. The summed E-state index contributed by atoms with van der Waals surface area (Å²) in [6, 6.07) is 23.6. The van der Waals surface area contributed by atoms with Gasteiger partial charge in [0, 0.05) is 25.2 Å². The third-order valence-electron chi connectivity index (χ3n) is 5.04. The van der Waals surface area contributed by atoms with Gasteiger partial charge < -0.3 is 9.64 Å². The number of hydrogen-bond donors (Lipinski definition) is 0. The Hall–Kier alpha value is -2.87. The summed E-state index contributed by atoms with van der Waals surface area (Å²) in [5, 5.41) is 0.270. The molecule has 0 aromatic heterocycles. The smallest absolute Gasteiger partial charge is 0.247 e. The van der Waals surface area contributed by atoms with Crippen molar-refractivity contribution in [3.8, 4) is 5.75 Å². The molecule has 0 atom stereocenters. The monoisotopic (exact) mass is 486 g/mol. The molecule has 1 amide bonds. The fourth-order valence-electron chi connectivity index (χ4n) is 3.34. The Balaban J connectivity index is 1.84. The summed E-state index contributed by atoms with van der Waals surface area (Å²) >= 11 is 6.05. The van der Waals surface area contributed by atoms with Crippen molar-refractivity contribution in [3.63, 3.8) is 0 Å². The van der Waals surface area contributed by atoms with Crippen molar-refractivity contribution in [1.29, 1.82) is 0 Å². The average molecular weight is 487 g/mol. The fraction of sp³-hybridized carbons (Fsp3) is 0.240. The van der Waals surface area contributed by atoms with Crippen LogP contribution >= 0.6 is 11.6 Å². The van der Waals surface area contributed by atoms with Crippen LogP contribution in [0.15, 0.2) is 83.8 Å². The minimum atomic E-state index is -4.01. The van der Waals surface area contributed by atoms with Crippen molar-refractivity contribution < 1.29 is 17.9 Å². The molecule has 0 aliphatic carbocycles. The van der Waals surface area contributed by atoms with E-state index in [1.165, 1.54) is 19.2 Å². The van der Waals surface area contributed by atoms with Gasteiger partial charge in [-0.15, -0.1) is 0 Å². The molecule has 0 spiro atoms. The molecule has 6 nitrogen and oxygen atoms in total. The number of hydrogen-bond acceptors (Lipinski definition) is 4. The number of sulfonamides is 1. The molecule has 0 N–H and O–H groups in total. The zero-order chi connectivity index (χ0) is 23.8. The molecule has 33 heavy (non-hydrogen) atoms. The van der Waals surface area contributed by atoms with Gasteiger partial charge in [0.25, 0.3) is 0 Å². The molecule has 8 heteroatoms. The largest absolute Gasteiger partial charge is 0.492 e. The topological polar surface area (TPSA) is 66.9 Å². The summed E-state index contributed by atoms with van der Waals surface area (Å²) in [6.07, 6.45) is 0. The second-order valence-corrected chi connectivity index (χ2v) is 9.96. The van der Waals surface area contributed by atoms with Gasteiger partial charge in [0.2, 0.25) is 15.9 Å². The Morgan fingerprint density at radius 3 is 1.97 bits per heavy atom. The van der Waals surface area contributed by atoms with Crippen LogP contribution in [0.25, 0.3) is 0 Å². The third kappa shape index (κ3) is 6.57. The molecule has 0 unspecified atom stereocenters. The molecule has 0 saturated carbocycles. The van der Waals surface area contributed by atoms with Gasteiger partial charge in [-0.05, 0) is 36.2 Å². The van der Waals surface area contributed by atoms with Gasteiger partial charge in [-0.2, -0.15) is 4.31 Å². The Kier molecular flexibility index (Phi) is 8.49. The number of likely N-dealkylation sites (N-methyl/N-ethyl adjacent to an activating group) is 1. The van der Waals surface area contributed by atoms with Gasteiger partial charge in [-0.25, -0.2) is 8.42 Å². The van der Waals surface area contributed by atoms with Gasteiger partial charge in [0.05, 0.1) is 13.2 Å². The molecular weight excluding hydrogens is 460 g/mol. The molecule has 0 fully saturated rings. The average Bonchev–Trinajstić information content (AvgIpc) is 2.81. The highest BCUT2D eigenvalue weighted by Gasteiger charge is 2.28. The van der Waals surface area contributed by atoms with Crippen molar-refractivity contribution in [2.24, 2.45) is 0 Å². The number of rotatable bonds is 10. The summed E-state index contributed by atoms with van der Waals surface area (Å²) < 4.78 is 33.1. The van der Waals surface area contributed by atoms with E-state index in [-0.39, 0.29) is 28.1 Å². The van der Waals surface area contributed by atoms with Crippen molar-refractivity contribution in [2.45, 2.75) is 24.9 Å². The molecule has 3 aromatic carbocycles. The van der Waals surface area contributed by atoms with Gasteiger partial charge in [0.1, 0.15) is 10.6 Å². The van der Waals surface area contributed by atoms with E-state index in [2.05, 4.69) is 0 Å². The maximum Gasteiger partial charge on any atom is 0.247 e. The van der Waals surface area contributed by atoms with Crippen molar-refractivity contribution >= 4 is 27.5 Å². The molecule has 0 bridgehead atoms. The quantitative estimate of drug-likeness (QED) is 0.420. The Bertz CT molecular complexity index is 1130. The lowest BCUT2D eigenvalue weighted by Crippen LogP contribution is -2.40. The maximum atomic E-state index is 13.3. The predicted octanol–water partition coefficient (Wildman–Crippen LogP) is 4.59. The molecule has 0 heterocycles. The number of ether oxygens (including phenoxy) is 1. The first kappa shape index (κ1) is 24.8. The highest BCUT2D eigenvalue weighted by atomic mass is 35.5. The van der Waals surface area contributed by atoms with E-state index in [1.807, 2.05) is 60.7 Å². The van der Waals surface area contributed by atoms with Gasteiger partial charge in [0.15, 0.2) is 0 Å².